The van der Waals surface area contributed by atoms with Gasteiger partial charge in [-0.15, -0.1) is 11.3 Å². The molecule has 6 aromatic heterocycles. The first-order chi connectivity index (χ1) is 14.8. The number of aromatic nitrogens is 6. The highest BCUT2D eigenvalue weighted by Gasteiger charge is 2.16. The normalized spacial score (nSPS) is 11.5. The van der Waals surface area contributed by atoms with Crippen molar-refractivity contribution in [2.75, 3.05) is 0 Å². The summed E-state index contributed by atoms with van der Waals surface area (Å²) >= 11 is 1.11. The number of H-pyrrole nitrogens is 2. The molecule has 0 spiro atoms. The Morgan fingerprint density at radius 3 is 2.60 bits per heavy atom. The zero-order valence-corrected chi connectivity index (χ0v) is 16.2. The molecule has 0 radical (unpaired) electrons. The van der Waals surface area contributed by atoms with Gasteiger partial charge in [-0.05, 0) is 42.0 Å². The van der Waals surface area contributed by atoms with Crippen molar-refractivity contribution in [2.24, 2.45) is 0 Å². The molecular weight excluding hydrogens is 399 g/mol. The highest BCUT2D eigenvalue weighted by Crippen LogP contribution is 2.36. The SMILES string of the molecule is Fc1ccc(-c2cncc3[nH]c(-c4n[nH]c5ncc(-c6ccncc6)cc45)cc23)s1. The van der Waals surface area contributed by atoms with Gasteiger partial charge >= 0.3 is 0 Å². The van der Waals surface area contributed by atoms with Crippen molar-refractivity contribution in [3.63, 3.8) is 0 Å². The van der Waals surface area contributed by atoms with E-state index in [1.807, 2.05) is 24.4 Å². The maximum absolute atomic E-state index is 13.6. The highest BCUT2D eigenvalue weighted by molar-refractivity contribution is 7.14. The summed E-state index contributed by atoms with van der Waals surface area (Å²) in [6.07, 6.45) is 8.86. The number of nitrogens with one attached hydrogen (secondary N) is 2. The Kier molecular flexibility index (Phi) is 3.72. The van der Waals surface area contributed by atoms with Crippen LogP contribution >= 0.6 is 11.3 Å². The van der Waals surface area contributed by atoms with Crippen LogP contribution in [0.15, 0.2) is 67.4 Å². The monoisotopic (exact) mass is 412 g/mol. The molecule has 6 heterocycles. The second kappa shape index (κ2) is 6.57. The van der Waals surface area contributed by atoms with Crippen LogP contribution in [0.1, 0.15) is 0 Å². The zero-order valence-electron chi connectivity index (χ0n) is 15.4. The van der Waals surface area contributed by atoms with Crippen LogP contribution in [0.4, 0.5) is 4.39 Å². The smallest absolute Gasteiger partial charge is 0.176 e. The van der Waals surface area contributed by atoms with Gasteiger partial charge in [0.05, 0.1) is 17.4 Å². The van der Waals surface area contributed by atoms with E-state index in [0.29, 0.717) is 5.65 Å². The summed E-state index contributed by atoms with van der Waals surface area (Å²) < 4.78 is 13.6. The Morgan fingerprint density at radius 2 is 1.77 bits per heavy atom. The van der Waals surface area contributed by atoms with Gasteiger partial charge in [-0.2, -0.15) is 9.49 Å². The van der Waals surface area contributed by atoms with Crippen molar-refractivity contribution in [1.29, 1.82) is 0 Å². The molecular formula is C22H13FN6S. The summed E-state index contributed by atoms with van der Waals surface area (Å²) in [6.45, 7) is 0. The number of aromatic amines is 2. The van der Waals surface area contributed by atoms with Gasteiger partial charge in [0, 0.05) is 51.6 Å². The summed E-state index contributed by atoms with van der Waals surface area (Å²) in [7, 11) is 0. The van der Waals surface area contributed by atoms with Crippen LogP contribution in [0.2, 0.25) is 0 Å². The second-order valence-corrected chi connectivity index (χ2v) is 7.90. The van der Waals surface area contributed by atoms with Crippen molar-refractivity contribution in [3.05, 3.63) is 72.5 Å². The lowest BCUT2D eigenvalue weighted by Crippen LogP contribution is -1.83. The quantitative estimate of drug-likeness (QED) is 0.406. The van der Waals surface area contributed by atoms with Gasteiger partial charge in [0.15, 0.2) is 10.8 Å². The molecule has 6 aromatic rings. The lowest BCUT2D eigenvalue weighted by Gasteiger charge is -2.01. The van der Waals surface area contributed by atoms with Gasteiger partial charge in [0.2, 0.25) is 0 Å². The van der Waals surface area contributed by atoms with E-state index in [1.54, 1.807) is 30.9 Å². The van der Waals surface area contributed by atoms with Crippen molar-refractivity contribution in [3.8, 4) is 33.0 Å². The minimum atomic E-state index is -0.217. The Hall–Kier alpha value is -3.91. The molecule has 0 aliphatic carbocycles. The summed E-state index contributed by atoms with van der Waals surface area (Å²) in [5.41, 5.74) is 6.10. The molecule has 0 unspecified atom stereocenters. The molecule has 144 valence electrons. The van der Waals surface area contributed by atoms with Crippen LogP contribution in [-0.4, -0.2) is 30.1 Å². The minimum absolute atomic E-state index is 0.217. The second-order valence-electron chi connectivity index (χ2n) is 6.86. The molecule has 0 bridgehead atoms. The van der Waals surface area contributed by atoms with E-state index in [-0.39, 0.29) is 5.13 Å². The molecule has 0 aliphatic heterocycles. The number of rotatable bonds is 3. The highest BCUT2D eigenvalue weighted by atomic mass is 32.1. The average Bonchev–Trinajstić information content (AvgIpc) is 3.51. The summed E-state index contributed by atoms with van der Waals surface area (Å²) in [6, 6.07) is 11.2. The third-order valence-corrected chi connectivity index (χ3v) is 5.98. The molecule has 2 N–H and O–H groups in total. The minimum Gasteiger partial charge on any atom is -0.352 e. The van der Waals surface area contributed by atoms with E-state index in [1.165, 1.54) is 6.07 Å². The maximum atomic E-state index is 13.6. The molecule has 0 atom stereocenters. The Morgan fingerprint density at radius 1 is 0.867 bits per heavy atom. The Labute approximate surface area is 173 Å². The van der Waals surface area contributed by atoms with E-state index >= 15 is 0 Å². The van der Waals surface area contributed by atoms with E-state index in [0.717, 1.165) is 60.6 Å². The fraction of sp³-hybridized carbons (Fsp3) is 0. The lowest BCUT2D eigenvalue weighted by atomic mass is 10.1. The van der Waals surface area contributed by atoms with Crippen LogP contribution in [-0.2, 0) is 0 Å². The number of thiophene rings is 1. The topological polar surface area (TPSA) is 83.1 Å². The van der Waals surface area contributed by atoms with E-state index in [2.05, 4.69) is 36.2 Å². The van der Waals surface area contributed by atoms with Crippen molar-refractivity contribution in [2.45, 2.75) is 0 Å². The first-order valence-electron chi connectivity index (χ1n) is 9.23. The number of pyridine rings is 3. The molecule has 0 amide bonds. The number of halogens is 1. The van der Waals surface area contributed by atoms with Crippen LogP contribution in [0.25, 0.3) is 54.9 Å². The molecule has 0 saturated carbocycles. The van der Waals surface area contributed by atoms with Crippen LogP contribution in [0.3, 0.4) is 0 Å². The third-order valence-electron chi connectivity index (χ3n) is 5.07. The predicted molar refractivity (Wildman–Crippen MR) is 115 cm³/mol. The number of hydrogen-bond donors (Lipinski definition) is 2. The van der Waals surface area contributed by atoms with E-state index in [4.69, 9.17) is 0 Å². The molecule has 0 aromatic carbocycles. The summed E-state index contributed by atoms with van der Waals surface area (Å²) in [5.74, 6) is 0. The molecule has 0 fully saturated rings. The average molecular weight is 412 g/mol. The number of nitrogens with zero attached hydrogens (tertiary/aromatic N) is 4. The van der Waals surface area contributed by atoms with E-state index in [9.17, 15) is 4.39 Å². The van der Waals surface area contributed by atoms with Gasteiger partial charge in [0.25, 0.3) is 0 Å². The van der Waals surface area contributed by atoms with Gasteiger partial charge in [-0.3, -0.25) is 15.1 Å². The first kappa shape index (κ1) is 17.0. The molecule has 6 rings (SSSR count). The standard InChI is InChI=1S/C22H13FN6S/c23-20-2-1-19(30-20)16-10-25-11-18-14(16)8-17(27-18)21-15-7-13(9-26-22(15)29-28-21)12-3-5-24-6-4-12/h1-11,27H,(H,26,28,29). The van der Waals surface area contributed by atoms with Gasteiger partial charge in [-0.25, -0.2) is 4.98 Å². The van der Waals surface area contributed by atoms with Crippen LogP contribution in [0.5, 0.6) is 0 Å². The molecule has 0 aliphatic rings. The fourth-order valence-corrected chi connectivity index (χ4v) is 4.40. The third kappa shape index (κ3) is 2.69. The summed E-state index contributed by atoms with van der Waals surface area (Å²) in [5, 5.41) is 9.16. The Bertz CT molecular complexity index is 1520. The number of fused-ring (bicyclic) bond motifs is 2. The molecule has 30 heavy (non-hydrogen) atoms. The largest absolute Gasteiger partial charge is 0.352 e. The number of hydrogen-bond acceptors (Lipinski definition) is 5. The maximum Gasteiger partial charge on any atom is 0.176 e. The zero-order chi connectivity index (χ0) is 20.1. The fourth-order valence-electron chi connectivity index (χ4n) is 3.65. The Balaban J connectivity index is 1.52. The first-order valence-corrected chi connectivity index (χ1v) is 10.1. The van der Waals surface area contributed by atoms with Gasteiger partial charge in [-0.1, -0.05) is 0 Å². The van der Waals surface area contributed by atoms with E-state index < -0.39 is 0 Å². The van der Waals surface area contributed by atoms with Gasteiger partial charge < -0.3 is 4.98 Å². The lowest BCUT2D eigenvalue weighted by molar-refractivity contribution is 0.657. The predicted octanol–water partition coefficient (Wildman–Crippen LogP) is 5.43. The molecule has 6 nitrogen and oxygen atoms in total. The van der Waals surface area contributed by atoms with Crippen molar-refractivity contribution < 1.29 is 4.39 Å². The molecule has 8 heteroatoms. The van der Waals surface area contributed by atoms with Crippen LogP contribution in [0, 0.1) is 5.13 Å². The van der Waals surface area contributed by atoms with Crippen molar-refractivity contribution in [1.82, 2.24) is 30.1 Å². The van der Waals surface area contributed by atoms with Crippen molar-refractivity contribution >= 4 is 33.3 Å². The van der Waals surface area contributed by atoms with Crippen LogP contribution < -0.4 is 0 Å². The molecule has 0 saturated heterocycles. The van der Waals surface area contributed by atoms with Gasteiger partial charge in [0.1, 0.15) is 5.69 Å². The summed E-state index contributed by atoms with van der Waals surface area (Å²) in [4.78, 5) is 17.1.